The zero-order valence-corrected chi connectivity index (χ0v) is 12.6. The number of hydrogen-bond donors (Lipinski definition) is 6. The molecular weight excluding hydrogens is 322 g/mol. The summed E-state index contributed by atoms with van der Waals surface area (Å²) in [5, 5.41) is 50.2. The summed E-state index contributed by atoms with van der Waals surface area (Å²) in [6.07, 6.45) is -2.62. The number of imidazole rings is 1. The molecule has 1 aliphatic heterocycles. The van der Waals surface area contributed by atoms with Crippen molar-refractivity contribution >= 4 is 17.0 Å². The first-order chi connectivity index (χ1) is 11.6. The van der Waals surface area contributed by atoms with Gasteiger partial charge in [0.15, 0.2) is 23.2 Å². The van der Waals surface area contributed by atoms with Crippen molar-refractivity contribution in [2.45, 2.75) is 30.6 Å². The number of aromatic nitrogens is 4. The average Bonchev–Trinajstić information content (AvgIpc) is 3.15. The smallest absolute Gasteiger partial charge is 0.167 e. The molecule has 132 valence electrons. The van der Waals surface area contributed by atoms with Gasteiger partial charge < -0.3 is 35.6 Å². The Labute approximate surface area is 136 Å². The minimum Gasteiger partial charge on any atom is -0.394 e. The Bertz CT molecular complexity index is 697. The summed E-state index contributed by atoms with van der Waals surface area (Å²) in [6.45, 7) is -0.746. The molecule has 2 aromatic rings. The van der Waals surface area contributed by atoms with Crippen molar-refractivity contribution in [2.24, 2.45) is 0 Å². The van der Waals surface area contributed by atoms with Crippen molar-refractivity contribution in [1.29, 1.82) is 0 Å². The molecule has 6 N–H and O–H groups in total. The monoisotopic (exact) mass is 341 g/mol. The van der Waals surface area contributed by atoms with Gasteiger partial charge in [0.1, 0.15) is 24.6 Å². The number of fused-ring (bicyclic) bond motifs is 1. The van der Waals surface area contributed by atoms with E-state index in [2.05, 4.69) is 20.3 Å². The molecule has 11 nitrogen and oxygen atoms in total. The summed E-state index contributed by atoms with van der Waals surface area (Å²) in [7, 11) is 0. The van der Waals surface area contributed by atoms with Crippen molar-refractivity contribution < 1.29 is 30.3 Å². The van der Waals surface area contributed by atoms with Gasteiger partial charge in [-0.3, -0.25) is 4.57 Å². The lowest BCUT2D eigenvalue weighted by molar-refractivity contribution is -0.0511. The van der Waals surface area contributed by atoms with E-state index in [-0.39, 0.29) is 6.54 Å². The summed E-state index contributed by atoms with van der Waals surface area (Å²) in [6, 6.07) is 0. The Hall–Kier alpha value is -1.89. The van der Waals surface area contributed by atoms with Gasteiger partial charge in [-0.25, -0.2) is 15.0 Å². The molecular formula is C13H19N5O6. The predicted octanol–water partition coefficient (Wildman–Crippen LogP) is -2.80. The van der Waals surface area contributed by atoms with E-state index < -0.39 is 43.9 Å². The topological polar surface area (TPSA) is 166 Å². The molecule has 0 aliphatic carbocycles. The molecule has 24 heavy (non-hydrogen) atoms. The van der Waals surface area contributed by atoms with E-state index in [1.165, 1.54) is 17.2 Å². The van der Waals surface area contributed by atoms with Gasteiger partial charge in [0.2, 0.25) is 0 Å². The van der Waals surface area contributed by atoms with Gasteiger partial charge in [0.25, 0.3) is 0 Å². The maximum atomic E-state index is 10.1. The molecule has 0 saturated carbocycles. The molecule has 1 unspecified atom stereocenters. The van der Waals surface area contributed by atoms with Crippen molar-refractivity contribution in [2.75, 3.05) is 25.1 Å². The van der Waals surface area contributed by atoms with Crippen LogP contribution in [0.5, 0.6) is 0 Å². The number of ether oxygens (including phenoxy) is 1. The highest BCUT2D eigenvalue weighted by Gasteiger charge is 2.44. The standard InChI is InChI=1S/C13H19N5O6/c19-2-6(21)1-14-11-8-12(16-4-15-11)18(5-17-8)13-10(23)9(22)7(3-20)24-13/h4-7,9-10,13,19-23H,1-3H2,(H,14,15,16)/t6?,7-,9-,10-,13-/m1/s1. The molecule has 2 aromatic heterocycles. The Balaban J connectivity index is 1.89. The van der Waals surface area contributed by atoms with Gasteiger partial charge >= 0.3 is 0 Å². The number of rotatable bonds is 6. The zero-order valence-electron chi connectivity index (χ0n) is 12.6. The summed E-state index contributed by atoms with van der Waals surface area (Å²) >= 11 is 0. The van der Waals surface area contributed by atoms with Gasteiger partial charge in [-0.1, -0.05) is 0 Å². The Morgan fingerprint density at radius 2 is 2.00 bits per heavy atom. The molecule has 1 aliphatic rings. The van der Waals surface area contributed by atoms with E-state index in [4.69, 9.17) is 9.84 Å². The summed E-state index contributed by atoms with van der Waals surface area (Å²) in [5.41, 5.74) is 0.723. The number of nitrogens with one attached hydrogen (secondary N) is 1. The Morgan fingerprint density at radius 3 is 2.67 bits per heavy atom. The largest absolute Gasteiger partial charge is 0.394 e. The average molecular weight is 341 g/mol. The number of hydrogen-bond acceptors (Lipinski definition) is 10. The van der Waals surface area contributed by atoms with Crippen LogP contribution in [0.4, 0.5) is 5.82 Å². The molecule has 3 heterocycles. The fraction of sp³-hybridized carbons (Fsp3) is 0.615. The molecule has 1 saturated heterocycles. The number of aliphatic hydroxyl groups is 5. The second kappa shape index (κ2) is 6.93. The van der Waals surface area contributed by atoms with Crippen LogP contribution in [0, 0.1) is 0 Å². The third-order valence-corrected chi connectivity index (χ3v) is 3.87. The molecule has 5 atom stereocenters. The molecule has 0 bridgehead atoms. The maximum absolute atomic E-state index is 10.1. The predicted molar refractivity (Wildman–Crippen MR) is 79.9 cm³/mol. The van der Waals surface area contributed by atoms with Gasteiger partial charge in [-0.15, -0.1) is 0 Å². The van der Waals surface area contributed by atoms with Crippen molar-refractivity contribution in [1.82, 2.24) is 19.5 Å². The fourth-order valence-corrected chi connectivity index (χ4v) is 2.56. The molecule has 0 radical (unpaired) electrons. The molecule has 0 spiro atoms. The van der Waals surface area contributed by atoms with Crippen molar-refractivity contribution in [3.63, 3.8) is 0 Å². The molecule has 3 rings (SSSR count). The van der Waals surface area contributed by atoms with E-state index >= 15 is 0 Å². The highest BCUT2D eigenvalue weighted by molar-refractivity contribution is 5.82. The quantitative estimate of drug-likeness (QED) is 0.323. The normalized spacial score (nSPS) is 28.4. The van der Waals surface area contributed by atoms with Crippen LogP contribution in [0.2, 0.25) is 0 Å². The Kier molecular flexibility index (Phi) is 4.89. The van der Waals surface area contributed by atoms with E-state index in [0.717, 1.165) is 0 Å². The van der Waals surface area contributed by atoms with E-state index in [9.17, 15) is 20.4 Å². The zero-order chi connectivity index (χ0) is 17.3. The summed E-state index contributed by atoms with van der Waals surface area (Å²) in [5.74, 6) is 0.345. The highest BCUT2D eigenvalue weighted by Crippen LogP contribution is 2.31. The van der Waals surface area contributed by atoms with Crippen molar-refractivity contribution in [3.8, 4) is 0 Å². The maximum Gasteiger partial charge on any atom is 0.167 e. The van der Waals surface area contributed by atoms with Gasteiger partial charge in [0.05, 0.1) is 25.6 Å². The van der Waals surface area contributed by atoms with Gasteiger partial charge in [0, 0.05) is 6.54 Å². The lowest BCUT2D eigenvalue weighted by Crippen LogP contribution is -2.33. The van der Waals surface area contributed by atoms with Crippen molar-refractivity contribution in [3.05, 3.63) is 12.7 Å². The summed E-state index contributed by atoms with van der Waals surface area (Å²) in [4.78, 5) is 12.3. The van der Waals surface area contributed by atoms with Crippen LogP contribution in [0.3, 0.4) is 0 Å². The van der Waals surface area contributed by atoms with E-state index in [1.54, 1.807) is 0 Å². The van der Waals surface area contributed by atoms with E-state index in [0.29, 0.717) is 17.0 Å². The lowest BCUT2D eigenvalue weighted by atomic mass is 10.1. The fourth-order valence-electron chi connectivity index (χ4n) is 2.56. The van der Waals surface area contributed by atoms with Crippen LogP contribution in [0.1, 0.15) is 6.23 Å². The molecule has 1 fully saturated rings. The first-order valence-corrected chi connectivity index (χ1v) is 7.39. The van der Waals surface area contributed by atoms with Gasteiger partial charge in [-0.05, 0) is 0 Å². The molecule has 0 amide bonds. The minimum atomic E-state index is -1.25. The number of anilines is 1. The lowest BCUT2D eigenvalue weighted by Gasteiger charge is -2.16. The summed E-state index contributed by atoms with van der Waals surface area (Å²) < 4.78 is 6.90. The van der Waals surface area contributed by atoms with Crippen LogP contribution in [-0.2, 0) is 4.74 Å². The Morgan fingerprint density at radius 1 is 1.21 bits per heavy atom. The molecule has 11 heteroatoms. The van der Waals surface area contributed by atoms with Gasteiger partial charge in [-0.2, -0.15) is 0 Å². The first kappa shape index (κ1) is 17.0. The van der Waals surface area contributed by atoms with Crippen LogP contribution < -0.4 is 5.32 Å². The minimum absolute atomic E-state index is 0.0727. The van der Waals surface area contributed by atoms with E-state index in [1.807, 2.05) is 0 Å². The van der Waals surface area contributed by atoms with Crippen LogP contribution >= 0.6 is 0 Å². The second-order valence-electron chi connectivity index (χ2n) is 5.49. The third kappa shape index (κ3) is 2.92. The van der Waals surface area contributed by atoms with Crippen LogP contribution in [-0.4, -0.2) is 89.2 Å². The second-order valence-corrected chi connectivity index (χ2v) is 5.49. The van der Waals surface area contributed by atoms with Crippen LogP contribution in [0.15, 0.2) is 12.7 Å². The SMILES string of the molecule is OCC(O)CNc1ncnc2c1ncn2[C@@H]1O[C@H](CO)[C@@H](O)[C@H]1O. The van der Waals surface area contributed by atoms with Crippen LogP contribution in [0.25, 0.3) is 11.2 Å². The first-order valence-electron chi connectivity index (χ1n) is 7.39. The third-order valence-electron chi connectivity index (χ3n) is 3.87. The number of aliphatic hydroxyl groups excluding tert-OH is 5. The highest BCUT2D eigenvalue weighted by atomic mass is 16.6. The molecule has 0 aromatic carbocycles. The number of nitrogens with zero attached hydrogens (tertiary/aromatic N) is 4.